The fraction of sp³-hybridized carbons (Fsp3) is 0.455. The Balaban J connectivity index is 0. The number of hydrogen-bond acceptors (Lipinski definition) is 3. The molecule has 4 nitrogen and oxygen atoms in total. The normalized spacial score (nSPS) is 13.6. The number of nitrogens with zero attached hydrogens (tertiary/aromatic N) is 1. The molecule has 0 N–H and O–H groups in total. The Kier molecular flexibility index (Phi) is 12.2. The zero-order valence-corrected chi connectivity index (χ0v) is 11.8. The Morgan fingerprint density at radius 3 is 1.81 bits per heavy atom. The second kappa shape index (κ2) is 10.9. The molecule has 1 saturated heterocycles. The number of carboxylic acids is 1. The summed E-state index contributed by atoms with van der Waals surface area (Å²) >= 11 is 0. The van der Waals surface area contributed by atoms with Crippen LogP contribution in [-0.2, 0) is 9.59 Å². The van der Waals surface area contributed by atoms with Gasteiger partial charge in [0.05, 0.1) is 5.97 Å². The van der Waals surface area contributed by atoms with Crippen molar-refractivity contribution in [3.63, 3.8) is 0 Å². The van der Waals surface area contributed by atoms with Gasteiger partial charge in [0.25, 0.3) is 0 Å². The fourth-order valence-corrected chi connectivity index (χ4v) is 1.24. The summed E-state index contributed by atoms with van der Waals surface area (Å²) in [5.41, 5.74) is 0. The van der Waals surface area contributed by atoms with Crippen LogP contribution in [0, 0.1) is 0 Å². The maximum atomic E-state index is 11.0. The van der Waals surface area contributed by atoms with Gasteiger partial charge in [-0.15, -0.1) is 0 Å². The minimum Gasteiger partial charge on any atom is -0.545 e. The van der Waals surface area contributed by atoms with Crippen LogP contribution in [0.25, 0.3) is 0 Å². The van der Waals surface area contributed by atoms with E-state index in [-0.39, 0.29) is 35.5 Å². The zero-order valence-electron chi connectivity index (χ0n) is 9.78. The zero-order chi connectivity index (χ0) is 11.7. The van der Waals surface area contributed by atoms with E-state index in [9.17, 15) is 4.79 Å². The van der Waals surface area contributed by atoms with Crippen molar-refractivity contribution in [2.45, 2.75) is 19.3 Å². The Hall–Kier alpha value is -0.580. The van der Waals surface area contributed by atoms with Crippen LogP contribution < -0.4 is 34.7 Å². The van der Waals surface area contributed by atoms with Crippen LogP contribution in [0.15, 0.2) is 25.3 Å². The molecule has 0 spiro atoms. The van der Waals surface area contributed by atoms with Crippen LogP contribution in [0.5, 0.6) is 0 Å². The van der Waals surface area contributed by atoms with E-state index in [1.807, 2.05) is 4.90 Å². The molecule has 5 heteroatoms. The third kappa shape index (κ3) is 8.71. The molecule has 1 amide bonds. The van der Waals surface area contributed by atoms with Crippen LogP contribution in [0.3, 0.4) is 0 Å². The van der Waals surface area contributed by atoms with Crippen molar-refractivity contribution in [1.82, 2.24) is 4.90 Å². The number of aliphatic carboxylic acids is 1. The van der Waals surface area contributed by atoms with Gasteiger partial charge in [-0.2, -0.15) is 0 Å². The predicted octanol–water partition coefficient (Wildman–Crippen LogP) is -2.89. The monoisotopic (exact) mass is 233 g/mol. The van der Waals surface area contributed by atoms with Crippen molar-refractivity contribution >= 4 is 11.9 Å². The van der Waals surface area contributed by atoms with Gasteiger partial charge in [0.1, 0.15) is 0 Å². The molecule has 1 aliphatic rings. The summed E-state index contributed by atoms with van der Waals surface area (Å²) in [5, 5.41) is 9.14. The maximum absolute atomic E-state index is 11.0. The van der Waals surface area contributed by atoms with Gasteiger partial charge in [0.15, 0.2) is 0 Å². The van der Waals surface area contributed by atoms with Crippen molar-refractivity contribution in [3.8, 4) is 0 Å². The van der Waals surface area contributed by atoms with Crippen LogP contribution in [0.1, 0.15) is 19.3 Å². The third-order valence-corrected chi connectivity index (χ3v) is 2.01. The van der Waals surface area contributed by atoms with Crippen LogP contribution >= 0.6 is 0 Å². The first-order chi connectivity index (χ1) is 7.11. The minimum absolute atomic E-state index is 0. The first-order valence-corrected chi connectivity index (χ1v) is 4.86. The number of piperidine rings is 1. The van der Waals surface area contributed by atoms with E-state index in [0.29, 0.717) is 0 Å². The first-order valence-electron chi connectivity index (χ1n) is 4.86. The molecule has 0 unspecified atom stereocenters. The van der Waals surface area contributed by atoms with Crippen molar-refractivity contribution < 1.29 is 44.3 Å². The van der Waals surface area contributed by atoms with Gasteiger partial charge in [-0.1, -0.05) is 13.2 Å². The number of carboxylic acid groups (broad SMARTS) is 1. The topological polar surface area (TPSA) is 60.4 Å². The van der Waals surface area contributed by atoms with E-state index in [4.69, 9.17) is 9.90 Å². The van der Waals surface area contributed by atoms with E-state index in [1.165, 1.54) is 12.5 Å². The summed E-state index contributed by atoms with van der Waals surface area (Å²) in [5.74, 6) is -1.15. The molecule has 16 heavy (non-hydrogen) atoms. The van der Waals surface area contributed by atoms with Crippen molar-refractivity contribution in [2.75, 3.05) is 13.1 Å². The van der Waals surface area contributed by atoms with Gasteiger partial charge in [-0.05, 0) is 31.4 Å². The molecular weight excluding hydrogens is 217 g/mol. The first kappa shape index (κ1) is 17.8. The maximum Gasteiger partial charge on any atom is 1.00 e. The Bertz CT molecular complexity index is 248. The van der Waals surface area contributed by atoms with Crippen LogP contribution in [0.2, 0.25) is 0 Å². The Morgan fingerprint density at radius 2 is 1.50 bits per heavy atom. The SMILES string of the molecule is C=CC(=O)N1CCCCC1.C=CC(=O)[O-].[Na+]. The fourth-order valence-electron chi connectivity index (χ4n) is 1.24. The number of carbonyl (C=O) groups excluding carboxylic acids is 2. The molecular formula is C11H16NNaO3. The van der Waals surface area contributed by atoms with E-state index in [2.05, 4.69) is 13.2 Å². The summed E-state index contributed by atoms with van der Waals surface area (Å²) in [6, 6.07) is 0. The molecule has 84 valence electrons. The standard InChI is InChI=1S/C8H13NO.C3H4O2.Na/c1-2-8(10)9-6-4-3-5-7-9;1-2-3(4)5;/h2H,1,3-7H2;2H,1H2,(H,4,5);/q;;+1/p-1. The Morgan fingerprint density at radius 1 is 1.06 bits per heavy atom. The molecule has 0 aromatic heterocycles. The van der Waals surface area contributed by atoms with Crippen molar-refractivity contribution in [1.29, 1.82) is 0 Å². The van der Waals surface area contributed by atoms with Gasteiger partial charge in [0.2, 0.25) is 5.91 Å². The molecule has 0 atom stereocenters. The molecule has 0 saturated carbocycles. The summed E-state index contributed by atoms with van der Waals surface area (Å²) in [7, 11) is 0. The average Bonchev–Trinajstić information content (AvgIpc) is 2.30. The minimum atomic E-state index is -1.23. The van der Waals surface area contributed by atoms with Gasteiger partial charge in [0, 0.05) is 13.1 Å². The molecule has 0 radical (unpaired) electrons. The van der Waals surface area contributed by atoms with Crippen LogP contribution in [-0.4, -0.2) is 29.9 Å². The van der Waals surface area contributed by atoms with E-state index < -0.39 is 5.97 Å². The van der Waals surface area contributed by atoms with Crippen molar-refractivity contribution in [3.05, 3.63) is 25.3 Å². The molecule has 1 aliphatic heterocycles. The molecule has 0 aromatic rings. The number of amides is 1. The summed E-state index contributed by atoms with van der Waals surface area (Å²) in [6.45, 7) is 8.19. The van der Waals surface area contributed by atoms with Gasteiger partial charge in [-0.25, -0.2) is 0 Å². The molecule has 0 aromatic carbocycles. The molecule has 0 bridgehead atoms. The smallest absolute Gasteiger partial charge is 0.545 e. The summed E-state index contributed by atoms with van der Waals surface area (Å²) in [4.78, 5) is 22.0. The number of rotatable bonds is 2. The molecule has 0 aliphatic carbocycles. The third-order valence-electron chi connectivity index (χ3n) is 2.01. The number of carbonyl (C=O) groups is 2. The molecule has 1 rings (SSSR count). The quantitative estimate of drug-likeness (QED) is 0.380. The van der Waals surface area contributed by atoms with E-state index >= 15 is 0 Å². The second-order valence-corrected chi connectivity index (χ2v) is 3.11. The number of likely N-dealkylation sites (tertiary alicyclic amines) is 1. The largest absolute Gasteiger partial charge is 1.00 e. The average molecular weight is 233 g/mol. The summed E-state index contributed by atoms with van der Waals surface area (Å²) in [6.07, 6.45) is 5.69. The van der Waals surface area contributed by atoms with Gasteiger partial charge >= 0.3 is 29.6 Å². The van der Waals surface area contributed by atoms with Crippen molar-refractivity contribution in [2.24, 2.45) is 0 Å². The van der Waals surface area contributed by atoms with E-state index in [1.54, 1.807) is 0 Å². The van der Waals surface area contributed by atoms with Gasteiger partial charge in [-0.3, -0.25) is 4.79 Å². The number of hydrogen-bond donors (Lipinski definition) is 0. The summed E-state index contributed by atoms with van der Waals surface area (Å²) < 4.78 is 0. The molecule has 1 fully saturated rings. The second-order valence-electron chi connectivity index (χ2n) is 3.11. The molecule has 1 heterocycles. The van der Waals surface area contributed by atoms with Gasteiger partial charge < -0.3 is 14.8 Å². The predicted molar refractivity (Wildman–Crippen MR) is 55.8 cm³/mol. The van der Waals surface area contributed by atoms with E-state index in [0.717, 1.165) is 32.0 Å². The Labute approximate surface area is 118 Å². The van der Waals surface area contributed by atoms with Crippen LogP contribution in [0.4, 0.5) is 0 Å².